The number of aromatic nitrogens is 2. The Morgan fingerprint density at radius 2 is 1.94 bits per heavy atom. The van der Waals surface area contributed by atoms with Crippen LogP contribution >= 0.6 is 0 Å². The first-order valence-corrected chi connectivity index (χ1v) is 4.76. The topological polar surface area (TPSA) is 17.8 Å². The number of fused-ring (bicyclic) bond motifs is 1. The Morgan fingerprint density at radius 1 is 1.29 bits per heavy atom. The van der Waals surface area contributed by atoms with E-state index in [2.05, 4.69) is 11.7 Å². The molecule has 0 N–H and O–H groups in total. The second-order valence-corrected chi connectivity index (χ2v) is 3.59. The van der Waals surface area contributed by atoms with Crippen LogP contribution in [-0.2, 0) is 6.54 Å². The van der Waals surface area contributed by atoms with E-state index >= 15 is 0 Å². The van der Waals surface area contributed by atoms with Gasteiger partial charge in [-0.2, -0.15) is 5.10 Å². The number of rotatable bonds is 3. The first kappa shape index (κ1) is 15.0. The van der Waals surface area contributed by atoms with Crippen LogP contribution in [-0.4, -0.2) is 16.8 Å². The number of hydrogen-bond donors (Lipinski definition) is 0. The van der Waals surface area contributed by atoms with Crippen molar-refractivity contribution in [1.82, 2.24) is 9.78 Å². The van der Waals surface area contributed by atoms with Gasteiger partial charge in [-0.25, -0.2) is 0 Å². The predicted molar refractivity (Wildman–Crippen MR) is 58.0 cm³/mol. The molecule has 0 radical (unpaired) electrons. The fraction of sp³-hybridized carbons (Fsp3) is 0.100. The van der Waals surface area contributed by atoms with Gasteiger partial charge in [-0.15, -0.1) is 12.1 Å². The maximum Gasteiger partial charge on any atom is 1.00 e. The molecule has 0 fully saturated rings. The summed E-state index contributed by atoms with van der Waals surface area (Å²) in [6, 6.07) is 7.12. The van der Waals surface area contributed by atoms with E-state index in [1.54, 1.807) is 24.4 Å². The minimum atomic E-state index is -4.99. The minimum absolute atomic E-state index is 0. The molecule has 1 aromatic heterocycles. The van der Waals surface area contributed by atoms with Crippen molar-refractivity contribution < 1.29 is 64.3 Å². The standard InChI is InChI=1S/C10H9BF3N2.K/c1-8(11(12,13)14)7-16-10-5-3-2-4-9(10)6-15-16;/h2-6H,1,7H2;/q-1;+1. The quantitative estimate of drug-likeness (QED) is 0.713. The summed E-state index contributed by atoms with van der Waals surface area (Å²) < 4.78 is 38.4. The Labute approximate surface area is 139 Å². The molecule has 2 aromatic rings. The third-order valence-corrected chi connectivity index (χ3v) is 2.37. The van der Waals surface area contributed by atoms with Crippen molar-refractivity contribution in [3.8, 4) is 0 Å². The Balaban J connectivity index is 0.00000144. The summed E-state index contributed by atoms with van der Waals surface area (Å²) in [6.45, 7) is -2.25. The Bertz CT molecular complexity index is 536. The average molecular weight is 264 g/mol. The van der Waals surface area contributed by atoms with E-state index in [0.717, 1.165) is 5.39 Å². The van der Waals surface area contributed by atoms with Gasteiger partial charge < -0.3 is 12.9 Å². The molecule has 0 aliphatic heterocycles. The van der Waals surface area contributed by atoms with E-state index in [-0.39, 0.29) is 57.9 Å². The van der Waals surface area contributed by atoms with Gasteiger partial charge in [0.1, 0.15) is 0 Å². The number of allylic oxidation sites excluding steroid dienone is 1. The van der Waals surface area contributed by atoms with E-state index in [4.69, 9.17) is 0 Å². The second kappa shape index (κ2) is 5.71. The molecule has 1 heterocycles. The van der Waals surface area contributed by atoms with Gasteiger partial charge in [0, 0.05) is 11.9 Å². The molecule has 0 bridgehead atoms. The molecule has 2 nitrogen and oxygen atoms in total. The molecule has 0 aliphatic carbocycles. The predicted octanol–water partition coefficient (Wildman–Crippen LogP) is -0.0169. The summed E-state index contributed by atoms with van der Waals surface area (Å²) in [5.41, 5.74) is -0.0578. The van der Waals surface area contributed by atoms with E-state index < -0.39 is 12.4 Å². The number of nitrogens with zero attached hydrogens (tertiary/aromatic N) is 2. The average Bonchev–Trinajstić information content (AvgIpc) is 2.61. The molecule has 0 saturated carbocycles. The molecule has 0 unspecified atom stereocenters. The van der Waals surface area contributed by atoms with Gasteiger partial charge in [-0.05, 0) is 6.07 Å². The van der Waals surface area contributed by atoms with Gasteiger partial charge in [-0.3, -0.25) is 4.68 Å². The van der Waals surface area contributed by atoms with Gasteiger partial charge in [0.25, 0.3) is 0 Å². The zero-order chi connectivity index (χ0) is 11.8. The molecular weight excluding hydrogens is 255 g/mol. The van der Waals surface area contributed by atoms with Gasteiger partial charge in [0.05, 0.1) is 11.7 Å². The molecule has 0 spiro atoms. The molecule has 0 aliphatic rings. The zero-order valence-corrected chi connectivity index (χ0v) is 12.5. The van der Waals surface area contributed by atoms with E-state index in [1.165, 1.54) is 4.68 Å². The van der Waals surface area contributed by atoms with E-state index in [9.17, 15) is 12.9 Å². The van der Waals surface area contributed by atoms with Crippen molar-refractivity contribution in [2.75, 3.05) is 0 Å². The van der Waals surface area contributed by atoms with Crippen molar-refractivity contribution in [3.63, 3.8) is 0 Å². The molecule has 1 aromatic carbocycles. The Kier molecular flexibility index (Phi) is 5.03. The van der Waals surface area contributed by atoms with E-state index in [1.807, 2.05) is 6.07 Å². The number of hydrogen-bond acceptors (Lipinski definition) is 1. The van der Waals surface area contributed by atoms with Crippen LogP contribution < -0.4 is 51.4 Å². The summed E-state index contributed by atoms with van der Waals surface area (Å²) in [7, 11) is 0. The van der Waals surface area contributed by atoms with Crippen molar-refractivity contribution in [2.24, 2.45) is 0 Å². The van der Waals surface area contributed by atoms with Gasteiger partial charge in [-0.1, -0.05) is 18.2 Å². The molecule has 0 atom stereocenters. The SMILES string of the molecule is C=C(Cn1ncc2ccccc21)[B-](F)(F)F.[K+]. The molecule has 2 rings (SSSR count). The van der Waals surface area contributed by atoms with Crippen LogP contribution in [0.5, 0.6) is 0 Å². The third-order valence-electron chi connectivity index (χ3n) is 2.37. The molecule has 0 amide bonds. The van der Waals surface area contributed by atoms with Crippen LogP contribution in [0, 0.1) is 0 Å². The molecule has 17 heavy (non-hydrogen) atoms. The fourth-order valence-electron chi connectivity index (χ4n) is 1.45. The summed E-state index contributed by atoms with van der Waals surface area (Å²) >= 11 is 0. The largest absolute Gasteiger partial charge is 1.00 e. The van der Waals surface area contributed by atoms with Crippen LogP contribution in [0.1, 0.15) is 0 Å². The first-order valence-electron chi connectivity index (χ1n) is 4.76. The normalized spacial score (nSPS) is 11.2. The maximum absolute atomic E-state index is 12.4. The molecule has 84 valence electrons. The summed E-state index contributed by atoms with van der Waals surface area (Å²) in [4.78, 5) is 0. The van der Waals surface area contributed by atoms with Crippen LogP contribution in [0.15, 0.2) is 42.5 Å². The monoisotopic (exact) mass is 264 g/mol. The van der Waals surface area contributed by atoms with Gasteiger partial charge in [0.2, 0.25) is 0 Å². The maximum atomic E-state index is 12.4. The van der Waals surface area contributed by atoms with Crippen molar-refractivity contribution in [1.29, 1.82) is 0 Å². The van der Waals surface area contributed by atoms with Crippen molar-refractivity contribution >= 4 is 17.9 Å². The van der Waals surface area contributed by atoms with Crippen molar-refractivity contribution in [3.05, 3.63) is 42.5 Å². The Morgan fingerprint density at radius 3 is 2.59 bits per heavy atom. The van der Waals surface area contributed by atoms with Crippen LogP contribution in [0.3, 0.4) is 0 Å². The number of halogens is 3. The molecule has 7 heteroatoms. The van der Waals surface area contributed by atoms with Crippen LogP contribution in [0.2, 0.25) is 0 Å². The minimum Gasteiger partial charge on any atom is -0.445 e. The molecular formula is C10H9BF3KN2. The first-order chi connectivity index (χ1) is 7.48. The second-order valence-electron chi connectivity index (χ2n) is 3.59. The number of benzene rings is 1. The van der Waals surface area contributed by atoms with Crippen molar-refractivity contribution in [2.45, 2.75) is 6.54 Å². The smallest absolute Gasteiger partial charge is 0.445 e. The van der Waals surface area contributed by atoms with E-state index in [0.29, 0.717) is 5.52 Å². The Hall–Kier alpha value is -0.0787. The summed E-state index contributed by atoms with van der Waals surface area (Å²) in [6.07, 6.45) is 1.55. The zero-order valence-electron chi connectivity index (χ0n) is 9.41. The van der Waals surface area contributed by atoms with Gasteiger partial charge >= 0.3 is 58.4 Å². The third kappa shape index (κ3) is 3.45. The van der Waals surface area contributed by atoms with Gasteiger partial charge in [0.15, 0.2) is 0 Å². The summed E-state index contributed by atoms with van der Waals surface area (Å²) in [5, 5.41) is 4.74. The number of para-hydroxylation sites is 1. The van der Waals surface area contributed by atoms with Crippen LogP contribution in [0.25, 0.3) is 10.9 Å². The fourth-order valence-corrected chi connectivity index (χ4v) is 1.45. The van der Waals surface area contributed by atoms with Crippen LogP contribution in [0.4, 0.5) is 12.9 Å². The summed E-state index contributed by atoms with van der Waals surface area (Å²) in [5.74, 6) is 0. The molecule has 0 saturated heterocycles.